The van der Waals surface area contributed by atoms with Gasteiger partial charge in [-0.25, -0.2) is 0 Å². The third kappa shape index (κ3) is 13.4. The Kier molecular flexibility index (Phi) is 19.8. The number of fused-ring (bicyclic) bond motifs is 2. The maximum Gasteiger partial charge on any atom is -0.0809 e. The molecule has 6 rings (SSSR count). The van der Waals surface area contributed by atoms with Crippen LogP contribution >= 0.6 is 24.8 Å². The monoisotopic (exact) mass is 588 g/mol. The zero-order chi connectivity index (χ0) is 23.6. The van der Waals surface area contributed by atoms with Gasteiger partial charge in [0.15, 0.2) is 0 Å². The van der Waals surface area contributed by atoms with Crippen molar-refractivity contribution in [2.24, 2.45) is 0 Å². The Morgan fingerprint density at radius 3 is 1.51 bits per heavy atom. The fourth-order valence-electron chi connectivity index (χ4n) is 3.06. The summed E-state index contributed by atoms with van der Waals surface area (Å²) in [7, 11) is 0. The van der Waals surface area contributed by atoms with Gasteiger partial charge in [-0.3, -0.25) is 0 Å². The van der Waals surface area contributed by atoms with E-state index in [0.29, 0.717) is 0 Å². The van der Waals surface area contributed by atoms with Gasteiger partial charge in [-0.15, -0.1) is 95.1 Å². The van der Waals surface area contributed by atoms with Crippen molar-refractivity contribution in [3.63, 3.8) is 0 Å². The molecule has 0 bridgehead atoms. The van der Waals surface area contributed by atoms with Crippen molar-refractivity contribution in [1.82, 2.24) is 0 Å². The van der Waals surface area contributed by atoms with E-state index >= 15 is 0 Å². The van der Waals surface area contributed by atoms with Gasteiger partial charge in [0.05, 0.1) is 0 Å². The van der Waals surface area contributed by atoms with Crippen LogP contribution in [0.3, 0.4) is 0 Å². The first-order valence-electron chi connectivity index (χ1n) is 10.6. The van der Waals surface area contributed by atoms with Gasteiger partial charge in [0, 0.05) is 0 Å². The third-order valence-electron chi connectivity index (χ3n) is 4.52. The topological polar surface area (TPSA) is 0 Å². The Morgan fingerprint density at radius 2 is 1.09 bits per heavy atom. The Labute approximate surface area is 239 Å². The number of benzene rings is 4. The number of rotatable bonds is 0. The minimum absolute atomic E-state index is 0. The van der Waals surface area contributed by atoms with Gasteiger partial charge in [-0.05, 0) is 0 Å². The van der Waals surface area contributed by atoms with Crippen LogP contribution in [0.4, 0.5) is 0 Å². The quantitative estimate of drug-likeness (QED) is 0.122. The van der Waals surface area contributed by atoms with Gasteiger partial charge in [0.2, 0.25) is 0 Å². The zero-order valence-corrected chi connectivity index (χ0v) is 24.7. The summed E-state index contributed by atoms with van der Waals surface area (Å²) in [5.41, 5.74) is 1.35. The number of halogens is 2. The van der Waals surface area contributed by atoms with Crippen molar-refractivity contribution in [1.29, 1.82) is 0 Å². The second-order valence-corrected chi connectivity index (χ2v) is 6.97. The Morgan fingerprint density at radius 1 is 0.600 bits per heavy atom. The SMILES string of the molecule is Cc1cc2ccccc2[cH-]1.Cl.Cl.[Si]=[Zr].[c-]1ccccc1.[c-]1ccccc1.c1ccc2[cH-]ccc2c1. The molecule has 0 aliphatic heterocycles. The van der Waals surface area contributed by atoms with Crippen LogP contribution in [0.1, 0.15) is 5.56 Å². The Balaban J connectivity index is 0.000000431. The van der Waals surface area contributed by atoms with E-state index in [1.165, 1.54) is 50.4 Å². The molecule has 0 aliphatic rings. The van der Waals surface area contributed by atoms with E-state index in [0.717, 1.165) is 0 Å². The minimum atomic E-state index is 0. The summed E-state index contributed by atoms with van der Waals surface area (Å²) >= 11 is 1.36. The first-order chi connectivity index (χ1) is 16.3. The molecule has 6 aromatic rings. The molecule has 6 aromatic carbocycles. The molecule has 35 heavy (non-hydrogen) atoms. The normalized spacial score (nSPS) is 8.46. The summed E-state index contributed by atoms with van der Waals surface area (Å²) in [4.78, 5) is 0. The maximum absolute atomic E-state index is 3.06. The second-order valence-electron chi connectivity index (χ2n) is 6.97. The largest absolute Gasteiger partial charge is 0.184 e. The van der Waals surface area contributed by atoms with E-state index in [1.807, 2.05) is 60.7 Å². The van der Waals surface area contributed by atoms with E-state index in [-0.39, 0.29) is 24.8 Å². The molecule has 0 saturated carbocycles. The molecule has 0 nitrogen and oxygen atoms in total. The van der Waals surface area contributed by atoms with E-state index in [4.69, 9.17) is 0 Å². The van der Waals surface area contributed by atoms with Crippen molar-refractivity contribution in [3.05, 3.63) is 157 Å². The molecule has 0 atom stereocenters. The van der Waals surface area contributed by atoms with Crippen molar-refractivity contribution in [3.8, 4) is 0 Å². The van der Waals surface area contributed by atoms with Crippen molar-refractivity contribution in [2.75, 3.05) is 0 Å². The van der Waals surface area contributed by atoms with Crippen molar-refractivity contribution in [2.45, 2.75) is 6.92 Å². The molecule has 0 fully saturated rings. The van der Waals surface area contributed by atoms with Crippen LogP contribution in [0.15, 0.2) is 140 Å². The average Bonchev–Trinajstić information content (AvgIpc) is 3.54. The summed E-state index contributed by atoms with van der Waals surface area (Å²) in [5.74, 6) is 0. The average molecular weight is 591 g/mol. The van der Waals surface area contributed by atoms with Crippen LogP contribution in [-0.4, -0.2) is 6.88 Å². The molecule has 0 unspecified atom stereocenters. The molecule has 4 heteroatoms. The first-order valence-corrected chi connectivity index (χ1v) is 14.8. The molecule has 0 N–H and O–H groups in total. The number of hydrogen-bond acceptors (Lipinski definition) is 0. The minimum Gasteiger partial charge on any atom is -0.184 e. The molecule has 2 radical (unpaired) electrons. The van der Waals surface area contributed by atoms with Gasteiger partial charge in [-0.2, -0.15) is 96.4 Å². The van der Waals surface area contributed by atoms with E-state index in [9.17, 15) is 0 Å². The molecule has 0 amide bonds. The van der Waals surface area contributed by atoms with E-state index in [2.05, 4.69) is 105 Å². The molecular formula is C31H28Cl2SiZr-4. The van der Waals surface area contributed by atoms with Crippen molar-refractivity contribution >= 4 is 53.2 Å². The Bertz CT molecular complexity index is 1120. The third-order valence-corrected chi connectivity index (χ3v) is 4.52. The Hall–Kier alpha value is -2.22. The van der Waals surface area contributed by atoms with Gasteiger partial charge in [0.1, 0.15) is 0 Å². The van der Waals surface area contributed by atoms with Gasteiger partial charge >= 0.3 is 30.2 Å². The van der Waals surface area contributed by atoms with Crippen LogP contribution < -0.4 is 0 Å². The fourth-order valence-corrected chi connectivity index (χ4v) is 3.06. The smallest absolute Gasteiger partial charge is 0.0809 e. The van der Waals surface area contributed by atoms with Crippen molar-refractivity contribution < 1.29 is 23.3 Å². The standard InChI is InChI=1S/C10H9.C9H7.2C6H5.2ClH.Si.Zr/c1-8-6-9-4-2-3-5-10(9)7-8;1-2-5-9-7-3-6-8(9)4-1;2*1-2-4-6-5-3-1;;;;/h2-7H,1H3;1-7H;2*1-5H;2*1H;;/q4*-1;;;;. The predicted octanol–water partition coefficient (Wildman–Crippen LogP) is 8.86. The van der Waals surface area contributed by atoms with Gasteiger partial charge in [0.25, 0.3) is 0 Å². The number of hydrogen-bond donors (Lipinski definition) is 0. The fraction of sp³-hybridized carbons (Fsp3) is 0.0323. The van der Waals surface area contributed by atoms with Crippen LogP contribution in [-0.2, 0) is 23.3 Å². The molecular weight excluding hydrogens is 563 g/mol. The molecule has 0 aromatic heterocycles. The predicted molar refractivity (Wildman–Crippen MR) is 155 cm³/mol. The van der Waals surface area contributed by atoms with E-state index < -0.39 is 0 Å². The second kappa shape index (κ2) is 21.1. The van der Waals surface area contributed by atoms with Gasteiger partial charge < -0.3 is 0 Å². The first kappa shape index (κ1) is 32.8. The molecule has 0 spiro atoms. The van der Waals surface area contributed by atoms with E-state index in [1.54, 1.807) is 0 Å². The van der Waals surface area contributed by atoms with Gasteiger partial charge in [-0.1, -0.05) is 19.1 Å². The maximum atomic E-state index is 3.06. The summed E-state index contributed by atoms with van der Waals surface area (Å²) in [6, 6.07) is 52.5. The zero-order valence-electron chi connectivity index (χ0n) is 19.6. The number of aryl methyl sites for hydroxylation is 1. The van der Waals surface area contributed by atoms with Crippen LogP contribution in [0.2, 0.25) is 0 Å². The molecule has 0 aliphatic carbocycles. The van der Waals surface area contributed by atoms with Crippen LogP contribution in [0, 0.1) is 19.1 Å². The summed E-state index contributed by atoms with van der Waals surface area (Å²) in [6.45, 7) is 5.19. The molecule has 0 heterocycles. The van der Waals surface area contributed by atoms with Crippen LogP contribution in [0.5, 0.6) is 0 Å². The summed E-state index contributed by atoms with van der Waals surface area (Å²) < 4.78 is 0. The summed E-state index contributed by atoms with van der Waals surface area (Å²) in [5, 5.41) is 5.36. The molecule has 178 valence electrons. The van der Waals surface area contributed by atoms with Crippen LogP contribution in [0.25, 0.3) is 21.5 Å². The summed E-state index contributed by atoms with van der Waals surface area (Å²) in [6.07, 6.45) is 0. The molecule has 0 saturated heterocycles.